The number of carbonyl (C=O) groups excluding carboxylic acids is 4. The second kappa shape index (κ2) is 21.4. The van der Waals surface area contributed by atoms with Crippen molar-refractivity contribution < 1.29 is 23.9 Å². The molecule has 6 aromatic heterocycles. The molecule has 1 N–H and O–H groups in total. The summed E-state index contributed by atoms with van der Waals surface area (Å²) in [6.07, 6.45) is 9.46. The van der Waals surface area contributed by atoms with Crippen LogP contribution >= 0.6 is 34.8 Å². The zero-order valence-electron chi connectivity index (χ0n) is 36.9. The summed E-state index contributed by atoms with van der Waals surface area (Å²) in [6.45, 7) is 10.3. The third kappa shape index (κ3) is 12.8. The number of nitrogens with one attached hydrogen (secondary N) is 1. The number of amides is 1. The highest BCUT2D eigenvalue weighted by atomic mass is 35.5. The lowest BCUT2D eigenvalue weighted by atomic mass is 9.91. The third-order valence-electron chi connectivity index (χ3n) is 11.7. The van der Waals surface area contributed by atoms with E-state index < -0.39 is 5.60 Å². The lowest BCUT2D eigenvalue weighted by molar-refractivity contribution is 0.0182. The van der Waals surface area contributed by atoms with Gasteiger partial charge in [0.15, 0.2) is 17.3 Å². The number of carbonyl (C=O) groups is 4. The van der Waals surface area contributed by atoms with E-state index in [-0.39, 0.29) is 41.2 Å². The Hall–Kier alpha value is -5.25. The van der Waals surface area contributed by atoms with Gasteiger partial charge >= 0.3 is 6.09 Å². The summed E-state index contributed by atoms with van der Waals surface area (Å²) in [7, 11) is 2.09. The Balaban J connectivity index is 0.000000148. The third-order valence-corrected chi connectivity index (χ3v) is 12.3. The fourth-order valence-corrected chi connectivity index (χ4v) is 8.48. The van der Waals surface area contributed by atoms with E-state index in [1.54, 1.807) is 59.9 Å². The summed E-state index contributed by atoms with van der Waals surface area (Å²) < 4.78 is 5.39. The van der Waals surface area contributed by atoms with Crippen molar-refractivity contribution in [2.24, 2.45) is 17.8 Å². The number of pyridine rings is 6. The lowest BCUT2D eigenvalue weighted by Crippen LogP contribution is -2.43. The van der Waals surface area contributed by atoms with Crippen LogP contribution in [0.2, 0.25) is 15.5 Å². The molecule has 0 aromatic carbocycles. The first kappa shape index (κ1) is 47.7. The van der Waals surface area contributed by atoms with Gasteiger partial charge < -0.3 is 19.9 Å². The number of hydrogen-bond donors (Lipinski definition) is 1. The van der Waals surface area contributed by atoms with Crippen LogP contribution in [0.4, 0.5) is 4.79 Å². The number of aromatic nitrogens is 6. The second-order valence-electron chi connectivity index (χ2n) is 17.6. The molecule has 3 saturated heterocycles. The molecular formula is C48H52Cl3N9O5. The van der Waals surface area contributed by atoms with Gasteiger partial charge in [0.1, 0.15) is 38.1 Å². The molecule has 1 amide bonds. The Kier molecular flexibility index (Phi) is 15.7. The van der Waals surface area contributed by atoms with Crippen LogP contribution in [-0.4, -0.2) is 115 Å². The minimum Gasteiger partial charge on any atom is -0.444 e. The highest BCUT2D eigenvalue weighted by Crippen LogP contribution is 2.26. The molecule has 0 atom stereocenters. The zero-order valence-corrected chi connectivity index (χ0v) is 39.2. The molecule has 3 aliphatic heterocycles. The molecule has 3 aliphatic rings. The molecule has 0 unspecified atom stereocenters. The molecule has 0 bridgehead atoms. The number of likely N-dealkylation sites (tertiary alicyclic amines) is 2. The molecule has 14 nitrogen and oxygen atoms in total. The fourth-order valence-electron chi connectivity index (χ4n) is 8.02. The number of halogens is 3. The standard InChI is InChI=1S/C19H22ClN3O3.C15H16ClN3O.C14H14ClN3O/c1-19(2,3)26-18(25)23-8-6-12(7-9-23)17(24)14-5-4-13-11-21-16(20)10-15(13)22-14;1-19-6-4-10(5-7-19)15(20)12-3-2-11-9-17-14(16)8-13(11)18-12;15-13-7-12-10(8-17-13)1-2-11(18-12)14(19)9-3-5-16-6-4-9/h4-5,10-12H,6-9H2,1-3H3;2-3,8-10H,4-7H2,1H3;1-2,7-9,16H,3-6H2. The zero-order chi connectivity index (χ0) is 46.3. The number of ketones is 3. The van der Waals surface area contributed by atoms with Crippen LogP contribution in [0.25, 0.3) is 32.7 Å². The molecule has 0 spiro atoms. The largest absolute Gasteiger partial charge is 0.444 e. The van der Waals surface area contributed by atoms with Crippen molar-refractivity contribution in [3.05, 3.63) is 106 Å². The second-order valence-corrected chi connectivity index (χ2v) is 18.8. The van der Waals surface area contributed by atoms with Crippen molar-refractivity contribution in [3.8, 4) is 0 Å². The summed E-state index contributed by atoms with van der Waals surface area (Å²) in [4.78, 5) is 79.0. The molecule has 3 fully saturated rings. The van der Waals surface area contributed by atoms with Gasteiger partial charge in [-0.1, -0.05) is 34.8 Å². The normalized spacial score (nSPS) is 16.6. The van der Waals surface area contributed by atoms with Crippen LogP contribution in [0.5, 0.6) is 0 Å². The summed E-state index contributed by atoms with van der Waals surface area (Å²) in [5, 5.41) is 7.03. The van der Waals surface area contributed by atoms with Gasteiger partial charge in [0, 0.05) is 83.8 Å². The molecule has 0 saturated carbocycles. The van der Waals surface area contributed by atoms with Gasteiger partial charge in [0.05, 0.1) is 16.6 Å². The van der Waals surface area contributed by atoms with Crippen LogP contribution in [-0.2, 0) is 4.74 Å². The molecular weight excluding hydrogens is 889 g/mol. The van der Waals surface area contributed by atoms with E-state index in [1.165, 1.54) is 0 Å². The predicted molar refractivity (Wildman–Crippen MR) is 253 cm³/mol. The Bertz CT molecular complexity index is 2690. The van der Waals surface area contributed by atoms with Gasteiger partial charge in [0.2, 0.25) is 0 Å². The van der Waals surface area contributed by atoms with Crippen molar-refractivity contribution in [2.75, 3.05) is 46.3 Å². The first-order valence-corrected chi connectivity index (χ1v) is 23.0. The Morgan fingerprint density at radius 1 is 0.569 bits per heavy atom. The molecule has 9 heterocycles. The van der Waals surface area contributed by atoms with Crippen molar-refractivity contribution in [2.45, 2.75) is 64.9 Å². The van der Waals surface area contributed by atoms with Crippen molar-refractivity contribution in [1.82, 2.24) is 45.0 Å². The van der Waals surface area contributed by atoms with Crippen molar-refractivity contribution in [1.29, 1.82) is 0 Å². The highest BCUT2D eigenvalue weighted by Gasteiger charge is 2.31. The van der Waals surface area contributed by atoms with Crippen LogP contribution in [0.3, 0.4) is 0 Å². The average molecular weight is 941 g/mol. The van der Waals surface area contributed by atoms with E-state index in [9.17, 15) is 19.2 Å². The maximum atomic E-state index is 12.8. The molecule has 6 aromatic rings. The van der Waals surface area contributed by atoms with Gasteiger partial charge in [-0.25, -0.2) is 34.7 Å². The summed E-state index contributed by atoms with van der Waals surface area (Å²) in [5.41, 5.74) is 3.08. The average Bonchev–Trinajstić information content (AvgIpc) is 3.30. The SMILES string of the molecule is CC(C)(C)OC(=O)N1CCC(C(=O)c2ccc3cnc(Cl)cc3n2)CC1.CN1CCC(C(=O)c2ccc3cnc(Cl)cc3n2)CC1.O=C(c1ccc2cnc(Cl)cc2n1)C1CCNCC1. The van der Waals surface area contributed by atoms with Crippen LogP contribution in [0.1, 0.15) is 90.8 Å². The van der Waals surface area contributed by atoms with Gasteiger partial charge in [-0.2, -0.15) is 0 Å². The predicted octanol–water partition coefficient (Wildman–Crippen LogP) is 9.39. The molecule has 17 heteroatoms. The summed E-state index contributed by atoms with van der Waals surface area (Å²) in [6, 6.07) is 15.9. The molecule has 340 valence electrons. The van der Waals surface area contributed by atoms with E-state index in [2.05, 4.69) is 47.2 Å². The maximum Gasteiger partial charge on any atom is 0.410 e. The minimum absolute atomic E-state index is 0.00340. The first-order chi connectivity index (χ1) is 31.1. The van der Waals surface area contributed by atoms with E-state index in [0.29, 0.717) is 64.0 Å². The van der Waals surface area contributed by atoms with Gasteiger partial charge in [0.25, 0.3) is 0 Å². The van der Waals surface area contributed by atoms with Crippen molar-refractivity contribution in [3.63, 3.8) is 0 Å². The van der Waals surface area contributed by atoms with Gasteiger partial charge in [-0.3, -0.25) is 14.4 Å². The Labute approximate surface area is 392 Å². The van der Waals surface area contributed by atoms with Crippen LogP contribution in [0, 0.1) is 17.8 Å². The number of piperidine rings is 3. The first-order valence-electron chi connectivity index (χ1n) is 21.9. The van der Waals surface area contributed by atoms with E-state index in [4.69, 9.17) is 39.5 Å². The molecule has 0 aliphatic carbocycles. The number of fused-ring (bicyclic) bond motifs is 3. The number of rotatable bonds is 6. The molecule has 9 rings (SSSR count). The summed E-state index contributed by atoms with van der Waals surface area (Å²) >= 11 is 17.6. The number of hydrogen-bond acceptors (Lipinski definition) is 13. The van der Waals surface area contributed by atoms with Gasteiger partial charge in [-0.05, 0) is 129 Å². The summed E-state index contributed by atoms with van der Waals surface area (Å²) in [5.74, 6) is 0.320. The van der Waals surface area contributed by atoms with Crippen LogP contribution < -0.4 is 5.32 Å². The quantitative estimate of drug-likeness (QED) is 0.124. The highest BCUT2D eigenvalue weighted by molar-refractivity contribution is 6.30. The topological polar surface area (TPSA) is 173 Å². The van der Waals surface area contributed by atoms with Crippen molar-refractivity contribution >= 4 is 91.0 Å². The van der Waals surface area contributed by atoms with Gasteiger partial charge in [-0.15, -0.1) is 0 Å². The molecule has 65 heavy (non-hydrogen) atoms. The minimum atomic E-state index is -0.519. The number of ether oxygens (including phenoxy) is 1. The van der Waals surface area contributed by atoms with E-state index in [0.717, 1.165) is 79.1 Å². The number of nitrogens with zero attached hydrogens (tertiary/aromatic N) is 8. The Morgan fingerprint density at radius 2 is 0.923 bits per heavy atom. The van der Waals surface area contributed by atoms with E-state index in [1.807, 2.05) is 39.0 Å². The maximum absolute atomic E-state index is 12.8. The lowest BCUT2D eigenvalue weighted by Gasteiger charge is -2.32. The van der Waals surface area contributed by atoms with E-state index >= 15 is 0 Å². The molecule has 0 radical (unpaired) electrons. The van der Waals surface area contributed by atoms with Crippen LogP contribution in [0.15, 0.2) is 73.2 Å². The fraction of sp³-hybridized carbons (Fsp3) is 0.417. The smallest absolute Gasteiger partial charge is 0.410 e. The number of Topliss-reactive ketones (excluding diaryl/α,β-unsaturated/α-hetero) is 3. The monoisotopic (exact) mass is 939 g/mol. The Morgan fingerprint density at radius 3 is 1.29 bits per heavy atom.